The summed E-state index contributed by atoms with van der Waals surface area (Å²) in [5, 5.41) is 9.51. The summed E-state index contributed by atoms with van der Waals surface area (Å²) in [6.45, 7) is 0.908. The van der Waals surface area contributed by atoms with Crippen LogP contribution in [0.15, 0.2) is 47.3 Å². The molecule has 2 aromatic heterocycles. The molecule has 0 fully saturated rings. The summed E-state index contributed by atoms with van der Waals surface area (Å²) in [6, 6.07) is 9.01. The predicted molar refractivity (Wildman–Crippen MR) is 84.9 cm³/mol. The van der Waals surface area contributed by atoms with Crippen LogP contribution in [0.1, 0.15) is 17.1 Å². The van der Waals surface area contributed by atoms with Gasteiger partial charge in [0.2, 0.25) is 5.89 Å². The van der Waals surface area contributed by atoms with Gasteiger partial charge >= 0.3 is 5.97 Å². The monoisotopic (exact) mass is 324 g/mol. The first-order chi connectivity index (χ1) is 11.7. The molecule has 0 aliphatic carbocycles. The Labute approximate surface area is 138 Å². The number of fused-ring (bicyclic) bond motifs is 1. The number of carboxylic acid groups (broad SMARTS) is 1. The van der Waals surface area contributed by atoms with Gasteiger partial charge in [0.25, 0.3) is 0 Å². The van der Waals surface area contributed by atoms with Crippen LogP contribution in [0.25, 0.3) is 11.5 Å². The predicted octanol–water partition coefficient (Wildman–Crippen LogP) is 2.08. The third-order valence-corrected chi connectivity index (χ3v) is 4.22. The highest BCUT2D eigenvalue weighted by atomic mass is 16.4. The van der Waals surface area contributed by atoms with Crippen LogP contribution >= 0.6 is 0 Å². The lowest BCUT2D eigenvalue weighted by molar-refractivity contribution is -0.144. The average molecular weight is 324 g/mol. The lowest BCUT2D eigenvalue weighted by atomic mass is 10.0. The van der Waals surface area contributed by atoms with Crippen molar-refractivity contribution in [3.63, 3.8) is 0 Å². The number of carboxylic acids is 1. The molecule has 3 heterocycles. The number of oxazole rings is 1. The number of nitrogens with one attached hydrogen (secondary N) is 1. The largest absolute Gasteiger partial charge is 0.480 e. The minimum atomic E-state index is -0.851. The van der Waals surface area contributed by atoms with Crippen molar-refractivity contribution in [2.75, 3.05) is 0 Å². The molecule has 1 aliphatic rings. The quantitative estimate of drug-likeness (QED) is 0.763. The van der Waals surface area contributed by atoms with E-state index in [9.17, 15) is 9.90 Å². The van der Waals surface area contributed by atoms with Crippen LogP contribution in [0.3, 0.4) is 0 Å². The molecule has 122 valence electrons. The first kappa shape index (κ1) is 14.6. The fourth-order valence-corrected chi connectivity index (χ4v) is 3.00. The van der Waals surface area contributed by atoms with E-state index >= 15 is 0 Å². The fraction of sp³-hybridized carbons (Fsp3) is 0.235. The summed E-state index contributed by atoms with van der Waals surface area (Å²) in [7, 11) is 0. The average Bonchev–Trinajstić information content (AvgIpc) is 3.23. The molecule has 0 spiro atoms. The van der Waals surface area contributed by atoms with E-state index in [0.717, 1.165) is 17.0 Å². The second-order valence-corrected chi connectivity index (χ2v) is 5.80. The van der Waals surface area contributed by atoms with Crippen LogP contribution in [-0.4, -0.2) is 37.0 Å². The fourth-order valence-electron chi connectivity index (χ4n) is 3.00. The Morgan fingerprint density at radius 2 is 2.21 bits per heavy atom. The van der Waals surface area contributed by atoms with E-state index in [1.54, 1.807) is 12.6 Å². The molecule has 0 unspecified atom stereocenters. The molecule has 4 rings (SSSR count). The molecule has 2 N–H and O–H groups in total. The zero-order valence-corrected chi connectivity index (χ0v) is 12.8. The van der Waals surface area contributed by atoms with E-state index < -0.39 is 12.0 Å². The Morgan fingerprint density at radius 3 is 3.00 bits per heavy atom. The number of carbonyl (C=O) groups is 1. The van der Waals surface area contributed by atoms with Gasteiger partial charge in [0.05, 0.1) is 23.4 Å². The van der Waals surface area contributed by atoms with E-state index in [0.29, 0.717) is 31.1 Å². The molecule has 7 heteroatoms. The number of hydrogen-bond acceptors (Lipinski definition) is 5. The van der Waals surface area contributed by atoms with Crippen molar-refractivity contribution in [1.82, 2.24) is 19.9 Å². The van der Waals surface area contributed by atoms with Crippen molar-refractivity contribution >= 4 is 5.97 Å². The van der Waals surface area contributed by atoms with Crippen LogP contribution in [0, 0.1) is 0 Å². The summed E-state index contributed by atoms with van der Waals surface area (Å²) in [4.78, 5) is 25.2. The van der Waals surface area contributed by atoms with Gasteiger partial charge in [-0.3, -0.25) is 9.69 Å². The number of aliphatic carboxylic acids is 1. The van der Waals surface area contributed by atoms with E-state index in [1.165, 1.54) is 0 Å². The van der Waals surface area contributed by atoms with Gasteiger partial charge in [-0.25, -0.2) is 9.97 Å². The number of aromatic nitrogens is 3. The maximum atomic E-state index is 11.6. The van der Waals surface area contributed by atoms with Crippen LogP contribution in [0.5, 0.6) is 0 Å². The first-order valence-corrected chi connectivity index (χ1v) is 7.68. The van der Waals surface area contributed by atoms with Gasteiger partial charge in [0, 0.05) is 25.1 Å². The topological polar surface area (TPSA) is 95.2 Å². The number of hydrogen-bond donors (Lipinski definition) is 2. The number of aromatic amines is 1. The molecule has 0 radical (unpaired) electrons. The normalized spacial score (nSPS) is 17.6. The number of rotatable bonds is 4. The van der Waals surface area contributed by atoms with Gasteiger partial charge in [-0.1, -0.05) is 18.2 Å². The van der Waals surface area contributed by atoms with Crippen LogP contribution in [-0.2, 0) is 24.3 Å². The Bertz CT molecular complexity index is 856. The Kier molecular flexibility index (Phi) is 3.62. The Morgan fingerprint density at radius 1 is 1.38 bits per heavy atom. The summed E-state index contributed by atoms with van der Waals surface area (Å²) in [5.41, 5.74) is 3.39. The van der Waals surface area contributed by atoms with Gasteiger partial charge in [-0.05, 0) is 12.1 Å². The smallest absolute Gasteiger partial charge is 0.321 e. The number of nitrogens with zero attached hydrogens (tertiary/aromatic N) is 3. The number of imidazole rings is 1. The zero-order chi connectivity index (χ0) is 16.5. The van der Waals surface area contributed by atoms with Gasteiger partial charge < -0.3 is 14.5 Å². The maximum Gasteiger partial charge on any atom is 0.321 e. The van der Waals surface area contributed by atoms with Crippen molar-refractivity contribution in [3.05, 3.63) is 60.0 Å². The lowest BCUT2D eigenvalue weighted by Gasteiger charge is -2.31. The van der Waals surface area contributed by atoms with Crippen LogP contribution in [0.2, 0.25) is 0 Å². The molecule has 0 amide bonds. The summed E-state index contributed by atoms with van der Waals surface area (Å²) >= 11 is 0. The minimum absolute atomic E-state index is 0.386. The van der Waals surface area contributed by atoms with Gasteiger partial charge in [0.15, 0.2) is 0 Å². The van der Waals surface area contributed by atoms with E-state index in [2.05, 4.69) is 15.0 Å². The number of H-pyrrole nitrogens is 1. The molecule has 1 aliphatic heterocycles. The van der Waals surface area contributed by atoms with Crippen molar-refractivity contribution in [1.29, 1.82) is 0 Å². The van der Waals surface area contributed by atoms with Crippen molar-refractivity contribution < 1.29 is 14.3 Å². The SMILES string of the molecule is O=C(O)[C@H]1Cc2nc[nH]c2CN1Cc1coc(-c2ccccc2)n1. The molecular weight excluding hydrogens is 308 g/mol. The van der Waals surface area contributed by atoms with Crippen molar-refractivity contribution in [2.45, 2.75) is 25.6 Å². The molecule has 1 atom stereocenters. The van der Waals surface area contributed by atoms with Gasteiger partial charge in [-0.15, -0.1) is 0 Å². The van der Waals surface area contributed by atoms with Crippen molar-refractivity contribution in [2.24, 2.45) is 0 Å². The molecule has 0 bridgehead atoms. The second kappa shape index (κ2) is 5.93. The van der Waals surface area contributed by atoms with Crippen molar-refractivity contribution in [3.8, 4) is 11.5 Å². The molecule has 24 heavy (non-hydrogen) atoms. The molecule has 7 nitrogen and oxygen atoms in total. The molecular formula is C17H16N4O3. The standard InChI is InChI=1S/C17H16N4O3/c22-17(23)15-6-13-14(19-10-18-13)8-21(15)7-12-9-24-16(20-12)11-4-2-1-3-5-11/h1-5,9-10,15H,6-8H2,(H,18,19)(H,22,23)/t15-/m1/s1. The minimum Gasteiger partial charge on any atom is -0.480 e. The molecule has 0 saturated heterocycles. The highest BCUT2D eigenvalue weighted by Crippen LogP contribution is 2.24. The van der Waals surface area contributed by atoms with Crippen LogP contribution < -0.4 is 0 Å². The van der Waals surface area contributed by atoms with E-state index in [-0.39, 0.29) is 0 Å². The molecule has 0 saturated carbocycles. The second-order valence-electron chi connectivity index (χ2n) is 5.80. The third-order valence-electron chi connectivity index (χ3n) is 4.22. The first-order valence-electron chi connectivity index (χ1n) is 7.68. The van der Waals surface area contributed by atoms with E-state index in [1.807, 2.05) is 35.2 Å². The maximum absolute atomic E-state index is 11.6. The van der Waals surface area contributed by atoms with Crippen LogP contribution in [0.4, 0.5) is 0 Å². The number of benzene rings is 1. The van der Waals surface area contributed by atoms with Gasteiger partial charge in [-0.2, -0.15) is 0 Å². The highest BCUT2D eigenvalue weighted by molar-refractivity contribution is 5.74. The molecule has 3 aromatic rings. The van der Waals surface area contributed by atoms with Gasteiger partial charge in [0.1, 0.15) is 12.3 Å². The molecule has 1 aromatic carbocycles. The highest BCUT2D eigenvalue weighted by Gasteiger charge is 2.33. The Balaban J connectivity index is 1.56. The summed E-state index contributed by atoms with van der Waals surface area (Å²) < 4.78 is 5.54. The third kappa shape index (κ3) is 2.69. The van der Waals surface area contributed by atoms with E-state index in [4.69, 9.17) is 4.42 Å². The lowest BCUT2D eigenvalue weighted by Crippen LogP contribution is -2.45. The summed E-state index contributed by atoms with van der Waals surface area (Å²) in [6.07, 6.45) is 3.58. The Hall–Kier alpha value is -2.93. The summed E-state index contributed by atoms with van der Waals surface area (Å²) in [5.74, 6) is -0.313. The zero-order valence-electron chi connectivity index (χ0n) is 12.8.